The van der Waals surface area contributed by atoms with Crippen LogP contribution in [0.2, 0.25) is 0 Å². The fraction of sp³-hybridized carbons (Fsp3) is 0.167. The minimum atomic E-state index is -0.865. The molecule has 3 aromatic heterocycles. The van der Waals surface area contributed by atoms with Crippen LogP contribution in [0.5, 0.6) is 0 Å². The zero-order valence-corrected chi connectivity index (χ0v) is 9.77. The summed E-state index contributed by atoms with van der Waals surface area (Å²) in [6, 6.07) is 1.98. The monoisotopic (exact) mass is 244 g/mol. The summed E-state index contributed by atoms with van der Waals surface area (Å²) in [6.45, 7) is 2.01. The van der Waals surface area contributed by atoms with E-state index in [1.54, 1.807) is 10.6 Å². The van der Waals surface area contributed by atoms with Crippen LogP contribution >= 0.6 is 0 Å². The molecular formula is C12H12N4O2. The number of H-pyrrole nitrogens is 2. The number of aliphatic carboxylic acids is 1. The maximum Gasteiger partial charge on any atom is 0.309 e. The summed E-state index contributed by atoms with van der Waals surface area (Å²) in [5.41, 5.74) is 3.66. The summed E-state index contributed by atoms with van der Waals surface area (Å²) in [5.74, 6) is -0.217. The molecule has 0 atom stereocenters. The van der Waals surface area contributed by atoms with Crippen molar-refractivity contribution in [3.05, 3.63) is 35.9 Å². The number of hydrogen-bond donors (Lipinski definition) is 3. The number of hydrogen-bond acceptors (Lipinski definition) is 2. The van der Waals surface area contributed by atoms with Crippen LogP contribution in [-0.2, 0) is 11.2 Å². The van der Waals surface area contributed by atoms with Crippen LogP contribution in [0.25, 0.3) is 17.2 Å². The Morgan fingerprint density at radius 2 is 2.39 bits per heavy atom. The topological polar surface area (TPSA) is 86.2 Å². The third kappa shape index (κ3) is 1.58. The smallest absolute Gasteiger partial charge is 0.309 e. The fourth-order valence-corrected chi connectivity index (χ4v) is 2.06. The molecule has 0 radical (unpaired) electrons. The van der Waals surface area contributed by atoms with E-state index >= 15 is 0 Å². The van der Waals surface area contributed by atoms with Crippen LogP contribution in [0.15, 0.2) is 24.7 Å². The number of carbonyl (C=O) groups is 1. The number of carboxylic acid groups (broad SMARTS) is 1. The molecule has 0 aliphatic carbocycles. The van der Waals surface area contributed by atoms with Crippen LogP contribution in [0.1, 0.15) is 11.3 Å². The lowest BCUT2D eigenvalue weighted by molar-refractivity contribution is -0.136. The normalized spacial score (nSPS) is 11.2. The molecule has 6 nitrogen and oxygen atoms in total. The van der Waals surface area contributed by atoms with Crippen molar-refractivity contribution in [1.82, 2.24) is 19.4 Å². The molecular weight excluding hydrogens is 232 g/mol. The number of aromatic amines is 2. The minimum absolute atomic E-state index is 0.0395. The first-order valence-electron chi connectivity index (χ1n) is 5.56. The molecule has 3 heterocycles. The number of imidazole rings is 2. The van der Waals surface area contributed by atoms with E-state index in [0.29, 0.717) is 11.5 Å². The Morgan fingerprint density at radius 1 is 1.56 bits per heavy atom. The van der Waals surface area contributed by atoms with Gasteiger partial charge in [0.05, 0.1) is 29.7 Å². The fourth-order valence-electron chi connectivity index (χ4n) is 2.06. The number of rotatable bonds is 3. The van der Waals surface area contributed by atoms with Gasteiger partial charge in [0.2, 0.25) is 5.78 Å². The van der Waals surface area contributed by atoms with E-state index in [4.69, 9.17) is 5.11 Å². The van der Waals surface area contributed by atoms with Gasteiger partial charge in [0.1, 0.15) is 0 Å². The van der Waals surface area contributed by atoms with Gasteiger partial charge in [-0.1, -0.05) is 0 Å². The Morgan fingerprint density at radius 3 is 3.06 bits per heavy atom. The van der Waals surface area contributed by atoms with Crippen molar-refractivity contribution in [2.24, 2.45) is 0 Å². The Hall–Kier alpha value is -2.50. The maximum atomic E-state index is 10.7. The van der Waals surface area contributed by atoms with Gasteiger partial charge in [-0.15, -0.1) is 0 Å². The second-order valence-electron chi connectivity index (χ2n) is 4.22. The highest BCUT2D eigenvalue weighted by molar-refractivity contribution is 5.70. The summed E-state index contributed by atoms with van der Waals surface area (Å²) in [4.78, 5) is 21.2. The molecule has 18 heavy (non-hydrogen) atoms. The van der Waals surface area contributed by atoms with E-state index < -0.39 is 5.97 Å². The van der Waals surface area contributed by atoms with Gasteiger partial charge in [0.25, 0.3) is 0 Å². The van der Waals surface area contributed by atoms with Gasteiger partial charge in [-0.25, -0.2) is 4.98 Å². The molecule has 3 N–H and O–H groups in total. The molecule has 0 aliphatic heterocycles. The molecule has 0 bridgehead atoms. The van der Waals surface area contributed by atoms with Gasteiger partial charge in [0, 0.05) is 12.4 Å². The number of nitrogens with one attached hydrogen (secondary N) is 2. The van der Waals surface area contributed by atoms with Crippen molar-refractivity contribution in [1.29, 1.82) is 0 Å². The molecule has 0 spiro atoms. The van der Waals surface area contributed by atoms with Crippen molar-refractivity contribution in [2.45, 2.75) is 13.3 Å². The van der Waals surface area contributed by atoms with Crippen molar-refractivity contribution >= 4 is 11.7 Å². The lowest BCUT2D eigenvalue weighted by Gasteiger charge is -1.95. The highest BCUT2D eigenvalue weighted by Crippen LogP contribution is 2.21. The van der Waals surface area contributed by atoms with Crippen LogP contribution < -0.4 is 0 Å². The lowest BCUT2D eigenvalue weighted by Crippen LogP contribution is -2.02. The second-order valence-corrected chi connectivity index (χ2v) is 4.22. The first-order chi connectivity index (χ1) is 8.65. The van der Waals surface area contributed by atoms with Crippen molar-refractivity contribution in [3.8, 4) is 11.4 Å². The molecule has 0 saturated heterocycles. The summed E-state index contributed by atoms with van der Waals surface area (Å²) in [5, 5.41) is 8.82. The molecule has 0 saturated carbocycles. The first kappa shape index (κ1) is 10.6. The van der Waals surface area contributed by atoms with Crippen molar-refractivity contribution in [3.63, 3.8) is 0 Å². The maximum absolute atomic E-state index is 10.7. The van der Waals surface area contributed by atoms with E-state index in [9.17, 15) is 4.79 Å². The van der Waals surface area contributed by atoms with Crippen LogP contribution in [0.4, 0.5) is 0 Å². The van der Waals surface area contributed by atoms with Gasteiger partial charge in [0.15, 0.2) is 0 Å². The standard InChI is InChI=1S/C12H12N4O2/c1-7-2-3-13-11(7)9-6-16-8(4-10(17)18)5-14-12(16)15-9/h2-3,5-6,13H,4H2,1H3,(H,14,15)(H,17,18). The predicted octanol–water partition coefficient (Wildman–Crippen LogP) is 1.59. The summed E-state index contributed by atoms with van der Waals surface area (Å²) in [7, 11) is 0. The Bertz CT molecular complexity index is 719. The van der Waals surface area contributed by atoms with E-state index in [0.717, 1.165) is 17.0 Å². The Balaban J connectivity index is 2.09. The Labute approximate surface area is 102 Å². The lowest BCUT2D eigenvalue weighted by atomic mass is 10.2. The molecule has 0 unspecified atom stereocenters. The van der Waals surface area contributed by atoms with Gasteiger partial charge >= 0.3 is 5.97 Å². The average molecular weight is 244 g/mol. The van der Waals surface area contributed by atoms with Gasteiger partial charge in [-0.05, 0) is 18.6 Å². The molecule has 92 valence electrons. The van der Waals surface area contributed by atoms with E-state index in [1.807, 2.05) is 25.4 Å². The van der Waals surface area contributed by atoms with E-state index in [2.05, 4.69) is 15.0 Å². The van der Waals surface area contributed by atoms with Gasteiger partial charge in [-0.2, -0.15) is 0 Å². The van der Waals surface area contributed by atoms with Crippen LogP contribution in [0.3, 0.4) is 0 Å². The van der Waals surface area contributed by atoms with E-state index in [-0.39, 0.29) is 6.42 Å². The predicted molar refractivity (Wildman–Crippen MR) is 65.4 cm³/mol. The number of aromatic nitrogens is 4. The number of fused-ring (bicyclic) bond motifs is 1. The summed E-state index contributed by atoms with van der Waals surface area (Å²) < 4.78 is 1.77. The molecule has 0 aromatic carbocycles. The van der Waals surface area contributed by atoms with Gasteiger partial charge in [-0.3, -0.25) is 9.20 Å². The zero-order chi connectivity index (χ0) is 12.7. The van der Waals surface area contributed by atoms with Crippen LogP contribution in [-0.4, -0.2) is 30.4 Å². The third-order valence-corrected chi connectivity index (χ3v) is 2.94. The van der Waals surface area contributed by atoms with E-state index in [1.165, 1.54) is 0 Å². The average Bonchev–Trinajstić information content (AvgIpc) is 2.94. The molecule has 3 aromatic rings. The third-order valence-electron chi connectivity index (χ3n) is 2.94. The summed E-state index contributed by atoms with van der Waals surface area (Å²) >= 11 is 0. The second kappa shape index (κ2) is 3.76. The molecule has 0 fully saturated rings. The zero-order valence-electron chi connectivity index (χ0n) is 9.77. The van der Waals surface area contributed by atoms with Crippen molar-refractivity contribution in [2.75, 3.05) is 0 Å². The minimum Gasteiger partial charge on any atom is -0.481 e. The number of aryl methyl sites for hydroxylation is 1. The highest BCUT2D eigenvalue weighted by Gasteiger charge is 2.12. The highest BCUT2D eigenvalue weighted by atomic mass is 16.4. The van der Waals surface area contributed by atoms with Crippen molar-refractivity contribution < 1.29 is 9.90 Å². The van der Waals surface area contributed by atoms with Gasteiger partial charge < -0.3 is 15.1 Å². The number of carboxylic acids is 1. The SMILES string of the molecule is Cc1cc[nH]c1-c1cn2c(CC(=O)O)cnc2[nH]1. The van der Waals surface area contributed by atoms with Crippen LogP contribution in [0, 0.1) is 6.92 Å². The Kier molecular flexibility index (Phi) is 2.22. The first-order valence-corrected chi connectivity index (χ1v) is 5.56. The number of nitrogens with zero attached hydrogens (tertiary/aromatic N) is 2. The summed E-state index contributed by atoms with van der Waals surface area (Å²) in [6.07, 6.45) is 5.26. The molecule has 6 heteroatoms. The molecule has 3 rings (SSSR count). The molecule has 0 aliphatic rings. The largest absolute Gasteiger partial charge is 0.481 e. The quantitative estimate of drug-likeness (QED) is 0.654. The molecule has 0 amide bonds.